The van der Waals surface area contributed by atoms with Crippen molar-refractivity contribution in [3.8, 4) is 0 Å². The molecule has 4 nitrogen and oxygen atoms in total. The minimum Gasteiger partial charge on any atom is -0.369 e. The Balaban J connectivity index is 2.69. The Bertz CT molecular complexity index is 230. The van der Waals surface area contributed by atoms with Crippen molar-refractivity contribution in [1.29, 1.82) is 0 Å². The second kappa shape index (κ2) is 6.21. The van der Waals surface area contributed by atoms with Gasteiger partial charge in [-0.15, -0.1) is 0 Å². The predicted molar refractivity (Wildman–Crippen MR) is 65.9 cm³/mol. The summed E-state index contributed by atoms with van der Waals surface area (Å²) in [5.74, 6) is -0.259. The number of nitrogens with zero attached hydrogens (tertiary/aromatic N) is 1. The van der Waals surface area contributed by atoms with Crippen molar-refractivity contribution in [1.82, 2.24) is 4.90 Å². The van der Waals surface area contributed by atoms with Crippen molar-refractivity contribution < 1.29 is 4.79 Å². The molecule has 0 spiro atoms. The zero-order valence-electron chi connectivity index (χ0n) is 10.5. The average molecular weight is 227 g/mol. The second-order valence-corrected chi connectivity index (χ2v) is 5.10. The third kappa shape index (κ3) is 3.76. The molecule has 16 heavy (non-hydrogen) atoms. The van der Waals surface area contributed by atoms with Crippen LogP contribution in [-0.2, 0) is 4.79 Å². The van der Waals surface area contributed by atoms with E-state index in [1.54, 1.807) is 0 Å². The Morgan fingerprint density at radius 1 is 1.31 bits per heavy atom. The van der Waals surface area contributed by atoms with Gasteiger partial charge in [0, 0.05) is 18.1 Å². The third-order valence-corrected chi connectivity index (χ3v) is 3.46. The highest BCUT2D eigenvalue weighted by molar-refractivity contribution is 5.76. The summed E-state index contributed by atoms with van der Waals surface area (Å²) in [7, 11) is 0. The molecule has 4 heteroatoms. The summed E-state index contributed by atoms with van der Waals surface area (Å²) in [5, 5.41) is 0. The molecule has 2 unspecified atom stereocenters. The lowest BCUT2D eigenvalue weighted by Gasteiger charge is -2.36. The number of nitrogens with two attached hydrogens (primary N) is 2. The molecule has 0 aliphatic heterocycles. The van der Waals surface area contributed by atoms with Crippen molar-refractivity contribution in [3.63, 3.8) is 0 Å². The fourth-order valence-electron chi connectivity index (χ4n) is 2.59. The molecule has 0 saturated heterocycles. The minimum atomic E-state index is -0.259. The Morgan fingerprint density at radius 2 is 1.94 bits per heavy atom. The summed E-state index contributed by atoms with van der Waals surface area (Å²) in [4.78, 5) is 13.3. The first-order chi connectivity index (χ1) is 7.52. The quantitative estimate of drug-likeness (QED) is 0.699. The largest absolute Gasteiger partial charge is 0.369 e. The van der Waals surface area contributed by atoms with E-state index in [4.69, 9.17) is 11.5 Å². The van der Waals surface area contributed by atoms with Crippen molar-refractivity contribution in [2.45, 2.75) is 64.1 Å². The first-order valence-electron chi connectivity index (χ1n) is 6.32. The maximum Gasteiger partial charge on any atom is 0.231 e. The first kappa shape index (κ1) is 13.5. The van der Waals surface area contributed by atoms with E-state index in [9.17, 15) is 4.79 Å². The monoisotopic (exact) mass is 227 g/mol. The molecule has 1 aliphatic carbocycles. The molecular weight excluding hydrogens is 202 g/mol. The van der Waals surface area contributed by atoms with E-state index >= 15 is 0 Å². The first-order valence-corrected chi connectivity index (χ1v) is 6.32. The second-order valence-electron chi connectivity index (χ2n) is 5.10. The van der Waals surface area contributed by atoms with Gasteiger partial charge < -0.3 is 11.5 Å². The standard InChI is InChI=1S/C12H25N3O/c1-9(2)15(8-12(14)16)11-7-5-3-4-6-10(11)13/h9-11H,3-8,13H2,1-2H3,(H2,14,16). The molecule has 0 aromatic rings. The van der Waals surface area contributed by atoms with Crippen molar-refractivity contribution >= 4 is 5.91 Å². The van der Waals surface area contributed by atoms with E-state index in [0.717, 1.165) is 12.8 Å². The molecule has 94 valence electrons. The number of hydrogen-bond donors (Lipinski definition) is 2. The summed E-state index contributed by atoms with van der Waals surface area (Å²) in [6, 6.07) is 0.820. The molecule has 1 rings (SSSR count). The third-order valence-electron chi connectivity index (χ3n) is 3.46. The van der Waals surface area contributed by atoms with Crippen LogP contribution in [0, 0.1) is 0 Å². The molecule has 0 bridgehead atoms. The zero-order chi connectivity index (χ0) is 12.1. The predicted octanol–water partition coefficient (Wildman–Crippen LogP) is 0.842. The molecule has 1 amide bonds. The number of rotatable bonds is 4. The highest BCUT2D eigenvalue weighted by atomic mass is 16.1. The van der Waals surface area contributed by atoms with E-state index in [2.05, 4.69) is 18.7 Å². The molecule has 2 atom stereocenters. The van der Waals surface area contributed by atoms with Gasteiger partial charge in [0.05, 0.1) is 6.54 Å². The van der Waals surface area contributed by atoms with Crippen LogP contribution in [0.25, 0.3) is 0 Å². The summed E-state index contributed by atoms with van der Waals surface area (Å²) >= 11 is 0. The number of carbonyl (C=O) groups is 1. The molecule has 1 fully saturated rings. The van der Waals surface area contributed by atoms with Crippen LogP contribution in [0.2, 0.25) is 0 Å². The van der Waals surface area contributed by atoms with Crippen LogP contribution in [-0.4, -0.2) is 35.5 Å². The highest BCUT2D eigenvalue weighted by Crippen LogP contribution is 2.22. The van der Waals surface area contributed by atoms with Crippen LogP contribution in [0.3, 0.4) is 0 Å². The molecule has 1 saturated carbocycles. The minimum absolute atomic E-state index is 0.184. The summed E-state index contributed by atoms with van der Waals surface area (Å²) in [5.41, 5.74) is 11.5. The van der Waals surface area contributed by atoms with Crippen molar-refractivity contribution in [2.24, 2.45) is 11.5 Å². The Morgan fingerprint density at radius 3 is 2.50 bits per heavy atom. The molecule has 0 aromatic heterocycles. The topological polar surface area (TPSA) is 72.3 Å². The number of carbonyl (C=O) groups excluding carboxylic acids is 1. The molecule has 0 heterocycles. The van der Waals surface area contributed by atoms with Gasteiger partial charge in [-0.1, -0.05) is 19.3 Å². The van der Waals surface area contributed by atoms with Crippen molar-refractivity contribution in [3.05, 3.63) is 0 Å². The Hall–Kier alpha value is -0.610. The van der Waals surface area contributed by atoms with Crippen LogP contribution >= 0.6 is 0 Å². The Kier molecular flexibility index (Phi) is 5.22. The molecule has 1 aliphatic rings. The lowest BCUT2D eigenvalue weighted by Crippen LogP contribution is -2.52. The Labute approximate surface area is 98.3 Å². The van der Waals surface area contributed by atoms with E-state index in [1.807, 2.05) is 0 Å². The van der Waals surface area contributed by atoms with Gasteiger partial charge in [0.2, 0.25) is 5.91 Å². The lowest BCUT2D eigenvalue weighted by molar-refractivity contribution is -0.120. The van der Waals surface area contributed by atoms with Crippen LogP contribution < -0.4 is 11.5 Å². The van der Waals surface area contributed by atoms with E-state index in [1.165, 1.54) is 19.3 Å². The van der Waals surface area contributed by atoms with Gasteiger partial charge in [-0.05, 0) is 26.7 Å². The van der Waals surface area contributed by atoms with Gasteiger partial charge >= 0.3 is 0 Å². The molecule has 0 aromatic carbocycles. The maximum absolute atomic E-state index is 11.1. The van der Waals surface area contributed by atoms with Gasteiger partial charge in [0.1, 0.15) is 0 Å². The molecule has 4 N–H and O–H groups in total. The number of amides is 1. The van der Waals surface area contributed by atoms with E-state index in [0.29, 0.717) is 18.6 Å². The fourth-order valence-corrected chi connectivity index (χ4v) is 2.59. The molecular formula is C12H25N3O. The summed E-state index contributed by atoms with van der Waals surface area (Å²) in [6.45, 7) is 4.52. The SMILES string of the molecule is CC(C)N(CC(N)=O)C1CCCCCC1N. The van der Waals surface area contributed by atoms with E-state index < -0.39 is 0 Å². The normalized spacial score (nSPS) is 27.1. The maximum atomic E-state index is 11.1. The van der Waals surface area contributed by atoms with Gasteiger partial charge in [-0.3, -0.25) is 9.69 Å². The van der Waals surface area contributed by atoms with E-state index in [-0.39, 0.29) is 11.9 Å². The number of primary amides is 1. The fraction of sp³-hybridized carbons (Fsp3) is 0.917. The van der Waals surface area contributed by atoms with Gasteiger partial charge in [0.25, 0.3) is 0 Å². The average Bonchev–Trinajstić information content (AvgIpc) is 2.39. The van der Waals surface area contributed by atoms with Crippen LogP contribution in [0.5, 0.6) is 0 Å². The smallest absolute Gasteiger partial charge is 0.231 e. The van der Waals surface area contributed by atoms with Crippen LogP contribution in [0.4, 0.5) is 0 Å². The van der Waals surface area contributed by atoms with Crippen molar-refractivity contribution in [2.75, 3.05) is 6.54 Å². The van der Waals surface area contributed by atoms with Gasteiger partial charge in [0.15, 0.2) is 0 Å². The lowest BCUT2D eigenvalue weighted by atomic mass is 10.0. The van der Waals surface area contributed by atoms with Crippen LogP contribution in [0.15, 0.2) is 0 Å². The zero-order valence-corrected chi connectivity index (χ0v) is 10.5. The summed E-state index contributed by atoms with van der Waals surface area (Å²) < 4.78 is 0. The highest BCUT2D eigenvalue weighted by Gasteiger charge is 2.28. The van der Waals surface area contributed by atoms with Gasteiger partial charge in [-0.25, -0.2) is 0 Å². The van der Waals surface area contributed by atoms with Crippen LogP contribution in [0.1, 0.15) is 46.0 Å². The van der Waals surface area contributed by atoms with Gasteiger partial charge in [-0.2, -0.15) is 0 Å². The number of hydrogen-bond acceptors (Lipinski definition) is 3. The molecule has 0 radical (unpaired) electrons. The summed E-state index contributed by atoms with van der Waals surface area (Å²) in [6.07, 6.45) is 5.83.